The lowest BCUT2D eigenvalue weighted by atomic mass is 10.3. The zero-order chi connectivity index (χ0) is 9.38. The summed E-state index contributed by atoms with van der Waals surface area (Å²) in [5.41, 5.74) is 0. The maximum atomic E-state index is 5.70. The smallest absolute Gasteiger partial charge is 0.150 e. The van der Waals surface area contributed by atoms with Gasteiger partial charge in [0, 0.05) is 11.5 Å². The zero-order valence-electron chi connectivity index (χ0n) is 7.62. The van der Waals surface area contributed by atoms with Crippen molar-refractivity contribution < 1.29 is 9.47 Å². The quantitative estimate of drug-likeness (QED) is 0.676. The average molecular weight is 226 g/mol. The summed E-state index contributed by atoms with van der Waals surface area (Å²) < 4.78 is 11.3. The second kappa shape index (κ2) is 3.59. The molecule has 0 fully saturated rings. The highest BCUT2D eigenvalue weighted by atomic mass is 32.2. The number of thioether (sulfide) groups is 2. The highest BCUT2D eigenvalue weighted by Gasteiger charge is 2.21. The first-order valence-corrected chi connectivity index (χ1v) is 6.60. The van der Waals surface area contributed by atoms with Gasteiger partial charge in [-0.05, 0) is 12.1 Å². The Balaban J connectivity index is 2.12. The van der Waals surface area contributed by atoms with Gasteiger partial charge in [-0.3, -0.25) is 0 Å². The molecule has 1 aromatic rings. The molecule has 74 valence electrons. The van der Waals surface area contributed by atoms with Crippen molar-refractivity contribution in [2.24, 2.45) is 0 Å². The van der Waals surface area contributed by atoms with Crippen molar-refractivity contribution in [3.05, 3.63) is 12.1 Å². The van der Waals surface area contributed by atoms with Crippen molar-refractivity contribution in [1.29, 1.82) is 0 Å². The van der Waals surface area contributed by atoms with Crippen LogP contribution in [0.5, 0.6) is 11.5 Å². The molecular weight excluding hydrogens is 216 g/mol. The van der Waals surface area contributed by atoms with Gasteiger partial charge in [-0.2, -0.15) is 0 Å². The van der Waals surface area contributed by atoms with Crippen LogP contribution in [0.2, 0.25) is 0 Å². The largest absolute Gasteiger partial charge is 0.491 e. The van der Waals surface area contributed by atoms with Gasteiger partial charge < -0.3 is 9.47 Å². The molecule has 2 aliphatic heterocycles. The van der Waals surface area contributed by atoms with Crippen LogP contribution in [0.25, 0.3) is 0 Å². The maximum absolute atomic E-state index is 5.70. The third-order valence-electron chi connectivity index (χ3n) is 2.21. The first-order valence-electron chi connectivity index (χ1n) is 4.63. The standard InChI is InChI=1S/C10H10O2S2/c1-2-8-9(12-4-5-13-8)10-7(1)11-3-6-14-10/h1-2H,3-6H2. The number of fused-ring (bicyclic) bond motifs is 3. The number of hydrogen-bond donors (Lipinski definition) is 0. The molecule has 2 aliphatic rings. The van der Waals surface area contributed by atoms with E-state index < -0.39 is 0 Å². The van der Waals surface area contributed by atoms with Gasteiger partial charge >= 0.3 is 0 Å². The van der Waals surface area contributed by atoms with E-state index in [9.17, 15) is 0 Å². The minimum atomic E-state index is 0.809. The molecule has 0 amide bonds. The highest BCUT2D eigenvalue weighted by Crippen LogP contribution is 2.47. The summed E-state index contributed by atoms with van der Waals surface area (Å²) >= 11 is 3.71. The van der Waals surface area contributed by atoms with Gasteiger partial charge in [0.15, 0.2) is 0 Å². The lowest BCUT2D eigenvalue weighted by molar-refractivity contribution is 0.297. The molecule has 0 aliphatic carbocycles. The molecule has 0 bridgehead atoms. The first-order chi connectivity index (χ1) is 6.95. The monoisotopic (exact) mass is 226 g/mol. The summed E-state index contributed by atoms with van der Waals surface area (Å²) in [7, 11) is 0. The van der Waals surface area contributed by atoms with E-state index in [1.54, 1.807) is 0 Å². The Labute approximate surface area is 91.4 Å². The molecule has 1 aromatic carbocycles. The Morgan fingerprint density at radius 2 is 1.86 bits per heavy atom. The molecule has 0 saturated carbocycles. The van der Waals surface area contributed by atoms with Crippen LogP contribution in [0.1, 0.15) is 0 Å². The molecule has 14 heavy (non-hydrogen) atoms. The molecule has 0 aromatic heterocycles. The molecular formula is C10H10O2S2. The van der Waals surface area contributed by atoms with Gasteiger partial charge in [0.2, 0.25) is 0 Å². The molecule has 2 heterocycles. The average Bonchev–Trinajstić information content (AvgIpc) is 2.29. The fourth-order valence-electron chi connectivity index (χ4n) is 1.62. The minimum absolute atomic E-state index is 0.809. The molecule has 0 radical (unpaired) electrons. The SMILES string of the molecule is c1cc2c(c3c1OCCS3)OCCS2. The van der Waals surface area contributed by atoms with Gasteiger partial charge in [-0.25, -0.2) is 0 Å². The van der Waals surface area contributed by atoms with Gasteiger partial charge in [0.1, 0.15) is 11.5 Å². The van der Waals surface area contributed by atoms with E-state index in [0.29, 0.717) is 0 Å². The Morgan fingerprint density at radius 3 is 2.86 bits per heavy atom. The number of rotatable bonds is 0. The molecule has 3 rings (SSSR count). The third kappa shape index (κ3) is 1.37. The molecule has 4 heteroatoms. The summed E-state index contributed by atoms with van der Waals surface area (Å²) in [5.74, 6) is 4.11. The predicted octanol–water partition coefficient (Wildman–Crippen LogP) is 2.66. The Hall–Kier alpha value is -0.480. The highest BCUT2D eigenvalue weighted by molar-refractivity contribution is 8.00. The van der Waals surface area contributed by atoms with Gasteiger partial charge in [0.05, 0.1) is 23.0 Å². The van der Waals surface area contributed by atoms with E-state index in [1.807, 2.05) is 23.5 Å². The van der Waals surface area contributed by atoms with E-state index in [4.69, 9.17) is 9.47 Å². The summed E-state index contributed by atoms with van der Waals surface area (Å²) in [6.07, 6.45) is 0. The Morgan fingerprint density at radius 1 is 1.00 bits per heavy atom. The summed E-state index contributed by atoms with van der Waals surface area (Å²) in [6, 6.07) is 4.16. The number of hydrogen-bond acceptors (Lipinski definition) is 4. The van der Waals surface area contributed by atoms with Gasteiger partial charge in [0.25, 0.3) is 0 Å². The van der Waals surface area contributed by atoms with Crippen molar-refractivity contribution in [2.45, 2.75) is 9.79 Å². The molecule has 0 saturated heterocycles. The van der Waals surface area contributed by atoms with Crippen LogP contribution in [-0.4, -0.2) is 24.7 Å². The van der Waals surface area contributed by atoms with Gasteiger partial charge in [-0.1, -0.05) is 0 Å². The van der Waals surface area contributed by atoms with Crippen molar-refractivity contribution in [3.63, 3.8) is 0 Å². The van der Waals surface area contributed by atoms with E-state index >= 15 is 0 Å². The van der Waals surface area contributed by atoms with Crippen LogP contribution in [0, 0.1) is 0 Å². The molecule has 0 spiro atoms. The topological polar surface area (TPSA) is 18.5 Å². The van der Waals surface area contributed by atoms with Crippen molar-refractivity contribution in [1.82, 2.24) is 0 Å². The van der Waals surface area contributed by atoms with Crippen molar-refractivity contribution in [2.75, 3.05) is 24.7 Å². The summed E-state index contributed by atoms with van der Waals surface area (Å²) in [6.45, 7) is 1.62. The first kappa shape index (κ1) is 8.80. The van der Waals surface area contributed by atoms with E-state index in [-0.39, 0.29) is 0 Å². The van der Waals surface area contributed by atoms with Crippen LogP contribution in [0.15, 0.2) is 21.9 Å². The van der Waals surface area contributed by atoms with Crippen LogP contribution in [0.4, 0.5) is 0 Å². The van der Waals surface area contributed by atoms with E-state index in [1.165, 1.54) is 9.79 Å². The van der Waals surface area contributed by atoms with Crippen LogP contribution in [0.3, 0.4) is 0 Å². The second-order valence-electron chi connectivity index (χ2n) is 3.11. The minimum Gasteiger partial charge on any atom is -0.491 e. The summed E-state index contributed by atoms with van der Waals surface area (Å²) in [5, 5.41) is 0. The Bertz CT molecular complexity index is 330. The fraction of sp³-hybridized carbons (Fsp3) is 0.400. The zero-order valence-corrected chi connectivity index (χ0v) is 9.25. The van der Waals surface area contributed by atoms with Crippen molar-refractivity contribution in [3.8, 4) is 11.5 Å². The van der Waals surface area contributed by atoms with Crippen molar-refractivity contribution >= 4 is 23.5 Å². The normalized spacial score (nSPS) is 18.9. The van der Waals surface area contributed by atoms with E-state index in [2.05, 4.69) is 12.1 Å². The van der Waals surface area contributed by atoms with Crippen LogP contribution < -0.4 is 9.47 Å². The third-order valence-corrected chi connectivity index (χ3v) is 4.26. The lowest BCUT2D eigenvalue weighted by Crippen LogP contribution is -2.12. The van der Waals surface area contributed by atoms with Gasteiger partial charge in [-0.15, -0.1) is 23.5 Å². The van der Waals surface area contributed by atoms with Crippen LogP contribution in [-0.2, 0) is 0 Å². The molecule has 0 unspecified atom stereocenters. The maximum Gasteiger partial charge on any atom is 0.150 e. The summed E-state index contributed by atoms with van der Waals surface area (Å²) in [4.78, 5) is 2.45. The number of benzene rings is 1. The second-order valence-corrected chi connectivity index (χ2v) is 5.36. The van der Waals surface area contributed by atoms with E-state index in [0.717, 1.165) is 36.2 Å². The number of ether oxygens (including phenoxy) is 2. The predicted molar refractivity (Wildman–Crippen MR) is 58.9 cm³/mol. The van der Waals surface area contributed by atoms with Crippen LogP contribution >= 0.6 is 23.5 Å². The lowest BCUT2D eigenvalue weighted by Gasteiger charge is -2.24. The fourth-order valence-corrected chi connectivity index (χ4v) is 3.47. The Kier molecular flexibility index (Phi) is 2.25. The molecule has 0 N–H and O–H groups in total. The molecule has 2 nitrogen and oxygen atoms in total. The molecule has 0 atom stereocenters.